The van der Waals surface area contributed by atoms with Gasteiger partial charge >= 0.3 is 0 Å². The minimum absolute atomic E-state index is 0.0338. The minimum atomic E-state index is -1.63. The number of anilines is 1. The zero-order chi connectivity index (χ0) is 23.4. The number of halogens is 1. The van der Waals surface area contributed by atoms with E-state index in [9.17, 15) is 9.00 Å². The van der Waals surface area contributed by atoms with Crippen molar-refractivity contribution in [3.63, 3.8) is 0 Å². The highest BCUT2D eigenvalue weighted by atomic mass is 35.5. The van der Waals surface area contributed by atoms with Crippen molar-refractivity contribution in [1.82, 2.24) is 14.8 Å². The highest BCUT2D eigenvalue weighted by molar-refractivity contribution is 7.86. The molecular formula is C22H27ClN4O5S. The highest BCUT2D eigenvalue weighted by Gasteiger charge is 2.28. The van der Waals surface area contributed by atoms with Gasteiger partial charge in [0.05, 0.1) is 51.3 Å². The van der Waals surface area contributed by atoms with Crippen molar-refractivity contribution in [2.45, 2.75) is 24.4 Å². The number of rotatable bonds is 6. The zero-order valence-electron chi connectivity index (χ0n) is 18.6. The zero-order valence-corrected chi connectivity index (χ0v) is 20.2. The van der Waals surface area contributed by atoms with Gasteiger partial charge in [0.25, 0.3) is 0 Å². The van der Waals surface area contributed by atoms with Gasteiger partial charge in [-0.25, -0.2) is 9.19 Å². The highest BCUT2D eigenvalue weighted by Crippen LogP contribution is 2.29. The molecule has 9 nitrogen and oxygen atoms in total. The van der Waals surface area contributed by atoms with Crippen molar-refractivity contribution in [3.05, 3.63) is 41.0 Å². The van der Waals surface area contributed by atoms with Crippen LogP contribution >= 0.6 is 11.6 Å². The Morgan fingerprint density at radius 3 is 2.88 bits per heavy atom. The maximum atomic E-state index is 13.1. The van der Waals surface area contributed by atoms with E-state index in [0.29, 0.717) is 60.1 Å². The number of nitrogens with one attached hydrogen (secondary N) is 1. The van der Waals surface area contributed by atoms with Gasteiger partial charge in [0, 0.05) is 23.7 Å². The third-order valence-electron chi connectivity index (χ3n) is 5.58. The molecule has 0 spiro atoms. The number of aromatic nitrogens is 1. The summed E-state index contributed by atoms with van der Waals surface area (Å²) in [4.78, 5) is 21.8. The SMILES string of the molecule is COc1ccc(Cl)cc1S(=O)Nc1cnc2c(c1)CN(C(=O)CN1CCOCC1)[C@H](C)CO2. The summed E-state index contributed by atoms with van der Waals surface area (Å²) in [5, 5.41) is 0.456. The van der Waals surface area contributed by atoms with Gasteiger partial charge in [-0.05, 0) is 31.2 Å². The molecule has 1 amide bonds. The van der Waals surface area contributed by atoms with E-state index < -0.39 is 11.0 Å². The Morgan fingerprint density at radius 2 is 2.12 bits per heavy atom. The van der Waals surface area contributed by atoms with Crippen LogP contribution in [0.15, 0.2) is 35.4 Å². The summed E-state index contributed by atoms with van der Waals surface area (Å²) in [7, 11) is -0.121. The summed E-state index contributed by atoms with van der Waals surface area (Å²) in [6, 6.07) is 6.64. The molecule has 11 heteroatoms. The van der Waals surface area contributed by atoms with Crippen molar-refractivity contribution >= 4 is 34.2 Å². The summed E-state index contributed by atoms with van der Waals surface area (Å²) in [6.45, 7) is 5.79. The van der Waals surface area contributed by atoms with E-state index in [-0.39, 0.29) is 11.9 Å². The van der Waals surface area contributed by atoms with Crippen LogP contribution in [0.25, 0.3) is 0 Å². The van der Waals surface area contributed by atoms with E-state index in [4.69, 9.17) is 25.8 Å². The van der Waals surface area contributed by atoms with E-state index in [2.05, 4.69) is 14.6 Å². The van der Waals surface area contributed by atoms with Crippen molar-refractivity contribution < 1.29 is 23.2 Å². The van der Waals surface area contributed by atoms with Gasteiger partial charge in [0.2, 0.25) is 11.8 Å². The molecule has 33 heavy (non-hydrogen) atoms. The summed E-state index contributed by atoms with van der Waals surface area (Å²) in [5.74, 6) is 0.969. The molecule has 178 valence electrons. The monoisotopic (exact) mass is 494 g/mol. The molecule has 2 aromatic rings. The molecule has 2 aliphatic heterocycles. The predicted molar refractivity (Wildman–Crippen MR) is 125 cm³/mol. The third-order valence-corrected chi connectivity index (χ3v) is 6.95. The van der Waals surface area contributed by atoms with E-state index in [0.717, 1.165) is 18.7 Å². The van der Waals surface area contributed by atoms with Crippen LogP contribution in [-0.4, -0.2) is 77.5 Å². The molecule has 0 bridgehead atoms. The molecule has 1 aromatic heterocycles. The maximum Gasteiger partial charge on any atom is 0.237 e. The molecule has 1 fully saturated rings. The normalized spacial score (nSPS) is 19.7. The second-order valence-corrected chi connectivity index (χ2v) is 9.54. The first kappa shape index (κ1) is 23.7. The van der Waals surface area contributed by atoms with Crippen LogP contribution in [-0.2, 0) is 27.1 Å². The van der Waals surface area contributed by atoms with Crippen molar-refractivity contribution in [1.29, 1.82) is 0 Å². The fourth-order valence-electron chi connectivity index (χ4n) is 3.76. The number of benzene rings is 1. The van der Waals surface area contributed by atoms with Gasteiger partial charge in [-0.1, -0.05) is 11.6 Å². The Bertz CT molecular complexity index is 1030. The summed E-state index contributed by atoms with van der Waals surface area (Å²) in [5.41, 5.74) is 1.28. The molecule has 1 saturated heterocycles. The molecular weight excluding hydrogens is 468 g/mol. The van der Waals surface area contributed by atoms with Crippen LogP contribution in [0.1, 0.15) is 12.5 Å². The predicted octanol–water partition coefficient (Wildman–Crippen LogP) is 2.32. The Kier molecular flexibility index (Phi) is 7.69. The average molecular weight is 495 g/mol. The van der Waals surface area contributed by atoms with Crippen LogP contribution in [0.3, 0.4) is 0 Å². The van der Waals surface area contributed by atoms with Crippen LogP contribution in [0.5, 0.6) is 11.6 Å². The fraction of sp³-hybridized carbons (Fsp3) is 0.455. The van der Waals surface area contributed by atoms with E-state index >= 15 is 0 Å². The summed E-state index contributed by atoms with van der Waals surface area (Å²) in [6.07, 6.45) is 1.56. The number of ether oxygens (including phenoxy) is 3. The summed E-state index contributed by atoms with van der Waals surface area (Å²) >= 11 is 6.07. The van der Waals surface area contributed by atoms with Gasteiger partial charge in [-0.3, -0.25) is 14.4 Å². The molecule has 2 aliphatic rings. The Morgan fingerprint density at radius 1 is 1.33 bits per heavy atom. The lowest BCUT2D eigenvalue weighted by Gasteiger charge is -2.31. The van der Waals surface area contributed by atoms with Gasteiger partial charge in [0.1, 0.15) is 17.3 Å². The van der Waals surface area contributed by atoms with E-state index in [1.54, 1.807) is 24.4 Å². The molecule has 0 saturated carbocycles. The second kappa shape index (κ2) is 10.7. The smallest absolute Gasteiger partial charge is 0.237 e. The van der Waals surface area contributed by atoms with Crippen LogP contribution < -0.4 is 14.2 Å². The molecule has 1 aromatic carbocycles. The molecule has 0 radical (unpaired) electrons. The molecule has 1 N–H and O–H groups in total. The molecule has 2 atom stereocenters. The first-order chi connectivity index (χ1) is 15.9. The molecule has 0 aliphatic carbocycles. The number of hydrogen-bond acceptors (Lipinski definition) is 7. The number of amides is 1. The standard InChI is InChI=1S/C22H27ClN4O5S/c1-15-14-32-22-16(12-27(15)21(28)13-26-5-7-31-8-6-26)9-18(11-24-22)25-33(29)20-10-17(23)3-4-19(20)30-2/h3-4,9-11,15,25H,5-8,12-14H2,1-2H3/t15-,33?/m1/s1. The molecule has 1 unspecified atom stereocenters. The van der Waals surface area contributed by atoms with Crippen molar-refractivity contribution in [2.75, 3.05) is 51.3 Å². The molecule has 4 rings (SSSR count). The van der Waals surface area contributed by atoms with Crippen LogP contribution in [0.2, 0.25) is 5.02 Å². The Balaban J connectivity index is 1.50. The number of carbonyl (C=O) groups excluding carboxylic acids is 1. The fourth-order valence-corrected chi connectivity index (χ4v) is 5.00. The van der Waals surface area contributed by atoms with Gasteiger partial charge in [-0.15, -0.1) is 0 Å². The lowest BCUT2D eigenvalue weighted by molar-refractivity contribution is -0.136. The van der Waals surface area contributed by atoms with E-state index in [1.807, 2.05) is 17.9 Å². The maximum absolute atomic E-state index is 13.1. The number of morpholine rings is 1. The largest absolute Gasteiger partial charge is 0.495 e. The number of nitrogens with zero attached hydrogens (tertiary/aromatic N) is 3. The number of fused-ring (bicyclic) bond motifs is 1. The lowest BCUT2D eigenvalue weighted by Crippen LogP contribution is -2.47. The quantitative estimate of drug-likeness (QED) is 0.658. The average Bonchev–Trinajstić information content (AvgIpc) is 2.98. The summed E-state index contributed by atoms with van der Waals surface area (Å²) < 4.78 is 32.4. The van der Waals surface area contributed by atoms with Gasteiger partial charge < -0.3 is 19.1 Å². The third kappa shape index (κ3) is 5.75. The Hall–Kier alpha value is -2.40. The Labute approximate surface area is 200 Å². The first-order valence-electron chi connectivity index (χ1n) is 10.7. The topological polar surface area (TPSA) is 93.2 Å². The van der Waals surface area contributed by atoms with Gasteiger partial charge in [-0.2, -0.15) is 0 Å². The number of carbonyl (C=O) groups is 1. The lowest BCUT2D eigenvalue weighted by atomic mass is 10.2. The van der Waals surface area contributed by atoms with E-state index in [1.165, 1.54) is 7.11 Å². The minimum Gasteiger partial charge on any atom is -0.495 e. The number of hydrogen-bond donors (Lipinski definition) is 1. The number of pyridine rings is 1. The van der Waals surface area contributed by atoms with Crippen LogP contribution in [0, 0.1) is 0 Å². The van der Waals surface area contributed by atoms with Crippen molar-refractivity contribution in [3.8, 4) is 11.6 Å². The number of methoxy groups -OCH3 is 1. The second-order valence-electron chi connectivity index (χ2n) is 7.92. The van der Waals surface area contributed by atoms with Gasteiger partial charge in [0.15, 0.2) is 11.0 Å². The molecule has 3 heterocycles. The van der Waals surface area contributed by atoms with Crippen molar-refractivity contribution in [2.24, 2.45) is 0 Å². The first-order valence-corrected chi connectivity index (χ1v) is 12.2. The van der Waals surface area contributed by atoms with Crippen LogP contribution in [0.4, 0.5) is 5.69 Å².